The van der Waals surface area contributed by atoms with Crippen LogP contribution in [0.4, 0.5) is 0 Å². The Balaban J connectivity index is 1.89. The number of carbonyl (C=O) groups is 1. The summed E-state index contributed by atoms with van der Waals surface area (Å²) in [5.41, 5.74) is 2.73. The maximum absolute atomic E-state index is 12.1. The minimum Gasteiger partial charge on any atom is -0.357 e. The number of aliphatic imine (C=N–C) groups is 1. The van der Waals surface area contributed by atoms with Crippen molar-refractivity contribution in [2.45, 2.75) is 24.7 Å². The number of hydrogen-bond donors (Lipinski definition) is 3. The van der Waals surface area contributed by atoms with Crippen LogP contribution in [0.25, 0.3) is 0 Å². The van der Waals surface area contributed by atoms with E-state index in [4.69, 9.17) is 5.14 Å². The van der Waals surface area contributed by atoms with Gasteiger partial charge in [-0.3, -0.25) is 9.79 Å². The van der Waals surface area contributed by atoms with Crippen molar-refractivity contribution in [3.05, 3.63) is 65.2 Å². The van der Waals surface area contributed by atoms with E-state index in [9.17, 15) is 13.2 Å². The van der Waals surface area contributed by atoms with Crippen molar-refractivity contribution < 1.29 is 13.2 Å². The number of sulfonamides is 1. The molecule has 0 bridgehead atoms. The fourth-order valence-corrected chi connectivity index (χ4v) is 3.44. The average Bonchev–Trinajstić information content (AvgIpc) is 2.73. The molecular formula is C22H31N5O3S. The zero-order valence-corrected chi connectivity index (χ0v) is 19.1. The third kappa shape index (κ3) is 8.03. The molecular weight excluding hydrogens is 414 g/mol. The molecule has 2 aromatic carbocycles. The summed E-state index contributed by atoms with van der Waals surface area (Å²) in [7, 11) is -0.194. The van der Waals surface area contributed by atoms with E-state index in [-0.39, 0.29) is 10.8 Å². The van der Waals surface area contributed by atoms with Crippen LogP contribution in [0.15, 0.2) is 58.4 Å². The van der Waals surface area contributed by atoms with Crippen molar-refractivity contribution in [2.24, 2.45) is 10.1 Å². The Hall–Kier alpha value is -2.91. The number of hydrogen-bond acceptors (Lipinski definition) is 4. The summed E-state index contributed by atoms with van der Waals surface area (Å²) in [6, 6.07) is 14.1. The van der Waals surface area contributed by atoms with Crippen LogP contribution in [-0.4, -0.2) is 58.9 Å². The van der Waals surface area contributed by atoms with Gasteiger partial charge in [-0.2, -0.15) is 0 Å². The molecule has 0 aliphatic rings. The van der Waals surface area contributed by atoms with Crippen molar-refractivity contribution in [3.63, 3.8) is 0 Å². The van der Waals surface area contributed by atoms with Crippen LogP contribution in [0, 0.1) is 0 Å². The number of primary sulfonamides is 1. The van der Waals surface area contributed by atoms with E-state index in [2.05, 4.69) is 15.6 Å². The number of nitrogens with one attached hydrogen (secondary N) is 2. The molecule has 31 heavy (non-hydrogen) atoms. The zero-order valence-electron chi connectivity index (χ0n) is 18.3. The second kappa shape index (κ2) is 11.5. The first-order valence-electron chi connectivity index (χ1n) is 10.1. The Morgan fingerprint density at radius 1 is 1.03 bits per heavy atom. The number of rotatable bonds is 9. The maximum Gasteiger partial charge on any atom is 0.253 e. The number of nitrogens with zero attached hydrogens (tertiary/aromatic N) is 2. The smallest absolute Gasteiger partial charge is 0.253 e. The van der Waals surface area contributed by atoms with Gasteiger partial charge >= 0.3 is 0 Å². The van der Waals surface area contributed by atoms with E-state index in [0.29, 0.717) is 31.0 Å². The molecule has 0 spiro atoms. The number of nitrogens with two attached hydrogens (primary N) is 1. The van der Waals surface area contributed by atoms with Gasteiger partial charge in [0.05, 0.1) is 4.90 Å². The first-order chi connectivity index (χ1) is 14.7. The molecule has 9 heteroatoms. The number of amides is 1. The fraction of sp³-hybridized carbons (Fsp3) is 0.364. The van der Waals surface area contributed by atoms with Crippen LogP contribution in [0.3, 0.4) is 0 Å². The van der Waals surface area contributed by atoms with E-state index in [0.717, 1.165) is 24.1 Å². The van der Waals surface area contributed by atoms with Gasteiger partial charge in [0.1, 0.15) is 0 Å². The first-order valence-corrected chi connectivity index (χ1v) is 11.7. The Morgan fingerprint density at radius 2 is 1.74 bits per heavy atom. The number of carbonyl (C=O) groups excluding carboxylic acids is 1. The third-order valence-corrected chi connectivity index (χ3v) is 5.48. The molecule has 8 nitrogen and oxygen atoms in total. The monoisotopic (exact) mass is 445 g/mol. The third-order valence-electron chi connectivity index (χ3n) is 4.55. The van der Waals surface area contributed by atoms with E-state index < -0.39 is 10.0 Å². The summed E-state index contributed by atoms with van der Waals surface area (Å²) in [6.45, 7) is 3.96. The molecule has 0 radical (unpaired) electrons. The number of guanidine groups is 1. The van der Waals surface area contributed by atoms with Gasteiger partial charge in [0.15, 0.2) is 5.96 Å². The van der Waals surface area contributed by atoms with Gasteiger partial charge in [0.2, 0.25) is 10.0 Å². The SMILES string of the molecule is CCNC(=NCCc1ccc(S(N)(=O)=O)cc1)NCCc1cccc(C(=O)N(C)C)c1. The van der Waals surface area contributed by atoms with Crippen molar-refractivity contribution in [2.75, 3.05) is 33.7 Å². The van der Waals surface area contributed by atoms with Crippen molar-refractivity contribution in [1.29, 1.82) is 0 Å². The lowest BCUT2D eigenvalue weighted by Gasteiger charge is -2.13. The molecule has 0 saturated heterocycles. The largest absolute Gasteiger partial charge is 0.357 e. The van der Waals surface area contributed by atoms with Crippen LogP contribution in [-0.2, 0) is 22.9 Å². The van der Waals surface area contributed by atoms with Crippen LogP contribution in [0.5, 0.6) is 0 Å². The summed E-state index contributed by atoms with van der Waals surface area (Å²) < 4.78 is 22.6. The lowest BCUT2D eigenvalue weighted by Crippen LogP contribution is -2.38. The van der Waals surface area contributed by atoms with Crippen molar-refractivity contribution in [3.8, 4) is 0 Å². The first kappa shape index (κ1) is 24.4. The van der Waals surface area contributed by atoms with Crippen molar-refractivity contribution >= 4 is 21.9 Å². The van der Waals surface area contributed by atoms with Gasteiger partial charge in [0.25, 0.3) is 5.91 Å². The van der Waals surface area contributed by atoms with Crippen LogP contribution in [0.1, 0.15) is 28.4 Å². The molecule has 4 N–H and O–H groups in total. The quantitative estimate of drug-likeness (QED) is 0.398. The molecule has 2 aromatic rings. The molecule has 0 fully saturated rings. The minimum absolute atomic E-state index is 0.0122. The van der Waals surface area contributed by atoms with Gasteiger partial charge in [0, 0.05) is 39.3 Å². The molecule has 0 aliphatic heterocycles. The highest BCUT2D eigenvalue weighted by Gasteiger charge is 2.08. The minimum atomic E-state index is -3.67. The Kier molecular flexibility index (Phi) is 9.02. The molecule has 1 amide bonds. The predicted octanol–water partition coefficient (Wildman–Crippen LogP) is 1.38. The Bertz CT molecular complexity index is 1000. The van der Waals surface area contributed by atoms with Crippen LogP contribution < -0.4 is 15.8 Å². The predicted molar refractivity (Wildman–Crippen MR) is 124 cm³/mol. The van der Waals surface area contributed by atoms with Crippen molar-refractivity contribution in [1.82, 2.24) is 15.5 Å². The molecule has 0 atom stereocenters. The van der Waals surface area contributed by atoms with Crippen LogP contribution >= 0.6 is 0 Å². The lowest BCUT2D eigenvalue weighted by atomic mass is 10.1. The van der Waals surface area contributed by atoms with Crippen LogP contribution in [0.2, 0.25) is 0 Å². The summed E-state index contributed by atoms with van der Waals surface area (Å²) in [5, 5.41) is 11.6. The lowest BCUT2D eigenvalue weighted by molar-refractivity contribution is 0.0827. The highest BCUT2D eigenvalue weighted by atomic mass is 32.2. The van der Waals surface area contributed by atoms with E-state index in [1.807, 2.05) is 31.2 Å². The standard InChI is InChI=1S/C22H31N5O3S/c1-4-24-22(25-14-12-17-8-10-20(11-9-17)31(23,29)30)26-15-13-18-6-5-7-19(16-18)21(28)27(2)3/h5-11,16H,4,12-15H2,1-3H3,(H2,23,29,30)(H2,24,25,26). The molecule has 0 aliphatic carbocycles. The molecule has 168 valence electrons. The summed E-state index contributed by atoms with van der Waals surface area (Å²) in [5.74, 6) is 0.700. The van der Waals surface area contributed by atoms with Gasteiger partial charge in [-0.25, -0.2) is 13.6 Å². The summed E-state index contributed by atoms with van der Waals surface area (Å²) in [6.07, 6.45) is 1.43. The second-order valence-electron chi connectivity index (χ2n) is 7.28. The van der Waals surface area contributed by atoms with Gasteiger partial charge in [-0.05, 0) is 55.2 Å². The number of benzene rings is 2. The molecule has 0 unspecified atom stereocenters. The highest BCUT2D eigenvalue weighted by Crippen LogP contribution is 2.10. The van der Waals surface area contributed by atoms with E-state index >= 15 is 0 Å². The van der Waals surface area contributed by atoms with E-state index in [1.54, 1.807) is 31.1 Å². The topological polar surface area (TPSA) is 117 Å². The second-order valence-corrected chi connectivity index (χ2v) is 8.84. The molecule has 0 heterocycles. The molecule has 2 rings (SSSR count). The molecule has 0 aromatic heterocycles. The zero-order chi connectivity index (χ0) is 22.9. The summed E-state index contributed by atoms with van der Waals surface area (Å²) >= 11 is 0. The van der Waals surface area contributed by atoms with Gasteiger partial charge < -0.3 is 15.5 Å². The maximum atomic E-state index is 12.1. The van der Waals surface area contributed by atoms with Gasteiger partial charge in [-0.1, -0.05) is 24.3 Å². The van der Waals surface area contributed by atoms with Gasteiger partial charge in [-0.15, -0.1) is 0 Å². The normalized spacial score (nSPS) is 11.8. The van der Waals surface area contributed by atoms with E-state index in [1.165, 1.54) is 12.1 Å². The Morgan fingerprint density at radius 3 is 2.35 bits per heavy atom. The fourth-order valence-electron chi connectivity index (χ4n) is 2.93. The Labute approximate surface area is 184 Å². The highest BCUT2D eigenvalue weighted by molar-refractivity contribution is 7.89. The molecule has 0 saturated carbocycles. The average molecular weight is 446 g/mol. The summed E-state index contributed by atoms with van der Waals surface area (Å²) in [4.78, 5) is 18.4.